The van der Waals surface area contributed by atoms with Gasteiger partial charge >= 0.3 is 6.09 Å². The van der Waals surface area contributed by atoms with Crippen LogP contribution in [0.4, 0.5) is 9.18 Å². The summed E-state index contributed by atoms with van der Waals surface area (Å²) in [5.74, 6) is 0.0195. The molecule has 196 valence electrons. The van der Waals surface area contributed by atoms with Gasteiger partial charge in [-0.3, -0.25) is 9.88 Å². The number of amides is 1. The minimum absolute atomic E-state index is 0.0523. The first-order valence-electron chi connectivity index (χ1n) is 13.3. The molecule has 6 heterocycles. The molecule has 3 saturated heterocycles. The standard InChI is InChI=1S/C30H26FN5O3/c1-15-21-10-18(14-35-6-7-39-30(35)38)36(28-17-9-24(28)32-12-17)29(21)23-13-33-26(25(31)27(23)34-15)22-11-19(37)8-16-4-2-3-5-20(16)22/h2-5,8,10-11,13,17,24,28,32,37H,6-7,9,12,14H2,1H3. The molecule has 0 radical (unpaired) electrons. The maximum atomic E-state index is 16.4. The van der Waals surface area contributed by atoms with Crippen LogP contribution in [-0.4, -0.2) is 56.4 Å². The summed E-state index contributed by atoms with van der Waals surface area (Å²) in [6.45, 7) is 4.21. The van der Waals surface area contributed by atoms with Gasteiger partial charge in [0.25, 0.3) is 0 Å². The number of benzene rings is 2. The monoisotopic (exact) mass is 523 g/mol. The van der Waals surface area contributed by atoms with Gasteiger partial charge in [0.05, 0.1) is 24.6 Å². The van der Waals surface area contributed by atoms with Crippen molar-refractivity contribution in [3.8, 4) is 17.0 Å². The fraction of sp³-hybridized carbons (Fsp3) is 0.300. The van der Waals surface area contributed by atoms with Gasteiger partial charge in [-0.05, 0) is 48.2 Å². The van der Waals surface area contributed by atoms with E-state index in [0.717, 1.165) is 46.0 Å². The van der Waals surface area contributed by atoms with E-state index in [0.29, 0.717) is 42.6 Å². The summed E-state index contributed by atoms with van der Waals surface area (Å²) in [6.07, 6.45) is 2.51. The minimum atomic E-state index is -0.514. The van der Waals surface area contributed by atoms with Gasteiger partial charge in [0, 0.05) is 46.5 Å². The second-order valence-electron chi connectivity index (χ2n) is 10.9. The number of hydrogen-bond acceptors (Lipinski definition) is 6. The molecule has 9 rings (SSSR count). The van der Waals surface area contributed by atoms with Gasteiger partial charge in [0.1, 0.15) is 23.6 Å². The van der Waals surface area contributed by atoms with E-state index in [-0.39, 0.29) is 29.1 Å². The van der Waals surface area contributed by atoms with Crippen LogP contribution < -0.4 is 5.32 Å². The molecule has 2 aromatic carbocycles. The Morgan fingerprint density at radius 1 is 1.18 bits per heavy atom. The fourth-order valence-corrected chi connectivity index (χ4v) is 6.86. The Hall–Kier alpha value is -4.24. The smallest absolute Gasteiger partial charge is 0.410 e. The maximum Gasteiger partial charge on any atom is 0.410 e. The number of phenolic OH excluding ortho intramolecular Hbond substituents is 1. The lowest BCUT2D eigenvalue weighted by Crippen LogP contribution is -2.40. The highest BCUT2D eigenvalue weighted by Crippen LogP contribution is 2.48. The second kappa shape index (κ2) is 8.13. The van der Waals surface area contributed by atoms with E-state index >= 15 is 4.39 Å². The summed E-state index contributed by atoms with van der Waals surface area (Å²) in [7, 11) is 0. The first-order valence-corrected chi connectivity index (χ1v) is 13.3. The Bertz CT molecular complexity index is 1840. The molecule has 4 fully saturated rings. The Kier molecular flexibility index (Phi) is 4.74. The number of cyclic esters (lactones) is 1. The van der Waals surface area contributed by atoms with Crippen molar-refractivity contribution in [1.29, 1.82) is 0 Å². The van der Waals surface area contributed by atoms with Crippen molar-refractivity contribution in [2.24, 2.45) is 5.92 Å². The third-order valence-electron chi connectivity index (χ3n) is 8.73. The molecule has 1 amide bonds. The molecule has 3 atom stereocenters. The van der Waals surface area contributed by atoms with Crippen LogP contribution in [0.5, 0.6) is 5.75 Å². The first kappa shape index (κ1) is 22.7. The van der Waals surface area contributed by atoms with Crippen LogP contribution in [0.3, 0.4) is 0 Å². The van der Waals surface area contributed by atoms with E-state index in [1.165, 1.54) is 0 Å². The van der Waals surface area contributed by atoms with Crippen molar-refractivity contribution >= 4 is 38.7 Å². The molecule has 2 N–H and O–H groups in total. The van der Waals surface area contributed by atoms with E-state index in [1.807, 2.05) is 31.2 Å². The molecule has 3 aliphatic heterocycles. The Morgan fingerprint density at radius 3 is 2.82 bits per heavy atom. The number of rotatable bonds is 4. The second-order valence-corrected chi connectivity index (χ2v) is 10.9. The molecular formula is C30H26FN5O3. The predicted octanol–water partition coefficient (Wildman–Crippen LogP) is 5.04. The van der Waals surface area contributed by atoms with E-state index in [2.05, 4.69) is 20.9 Å². The van der Waals surface area contributed by atoms with Crippen LogP contribution in [-0.2, 0) is 11.3 Å². The average Bonchev–Trinajstić information content (AvgIpc) is 3.71. The molecule has 9 heteroatoms. The number of pyridine rings is 2. The number of aryl methyl sites for hydroxylation is 1. The molecule has 3 unspecified atom stereocenters. The number of aromatic nitrogens is 3. The number of nitrogens with zero attached hydrogens (tertiary/aromatic N) is 4. The van der Waals surface area contributed by atoms with Gasteiger partial charge in [-0.2, -0.15) is 0 Å². The molecule has 1 aliphatic carbocycles. The molecule has 39 heavy (non-hydrogen) atoms. The van der Waals surface area contributed by atoms with E-state index < -0.39 is 5.82 Å². The number of halogens is 1. The highest BCUT2D eigenvalue weighted by atomic mass is 19.1. The third-order valence-corrected chi connectivity index (χ3v) is 8.73. The lowest BCUT2D eigenvalue weighted by molar-refractivity contribution is 0.155. The number of nitrogens with one attached hydrogen (secondary N) is 1. The lowest BCUT2D eigenvalue weighted by atomic mass is 9.79. The van der Waals surface area contributed by atoms with Crippen LogP contribution in [0.2, 0.25) is 0 Å². The van der Waals surface area contributed by atoms with Crippen LogP contribution >= 0.6 is 0 Å². The van der Waals surface area contributed by atoms with Crippen molar-refractivity contribution in [3.05, 3.63) is 65.9 Å². The van der Waals surface area contributed by atoms with Gasteiger partial charge < -0.3 is 19.7 Å². The molecular weight excluding hydrogens is 497 g/mol. The Morgan fingerprint density at radius 2 is 2.05 bits per heavy atom. The van der Waals surface area contributed by atoms with Crippen LogP contribution in [0.1, 0.15) is 23.9 Å². The maximum absolute atomic E-state index is 16.4. The van der Waals surface area contributed by atoms with Gasteiger partial charge in [0.2, 0.25) is 0 Å². The highest BCUT2D eigenvalue weighted by Gasteiger charge is 2.49. The molecule has 2 bridgehead atoms. The van der Waals surface area contributed by atoms with Crippen molar-refractivity contribution < 1.29 is 19.0 Å². The number of carbonyl (C=O) groups excluding carboxylic acids is 1. The topological polar surface area (TPSA) is 92.5 Å². The number of aromatic hydroxyl groups is 1. The normalized spacial score (nSPS) is 22.3. The number of ether oxygens (including phenoxy) is 1. The molecule has 5 aromatic rings. The summed E-state index contributed by atoms with van der Waals surface area (Å²) in [4.78, 5) is 23.4. The van der Waals surface area contributed by atoms with Gasteiger partial charge in [-0.15, -0.1) is 0 Å². The Labute approximate surface area is 223 Å². The predicted molar refractivity (Wildman–Crippen MR) is 145 cm³/mol. The number of fused-ring (bicyclic) bond motifs is 5. The quantitative estimate of drug-likeness (QED) is 0.343. The van der Waals surface area contributed by atoms with Crippen molar-refractivity contribution in [2.45, 2.75) is 32.0 Å². The fourth-order valence-electron chi connectivity index (χ4n) is 6.86. The zero-order valence-corrected chi connectivity index (χ0v) is 21.3. The third kappa shape index (κ3) is 3.22. The number of hydrogen-bond donors (Lipinski definition) is 2. The van der Waals surface area contributed by atoms with Gasteiger partial charge in [-0.1, -0.05) is 24.3 Å². The van der Waals surface area contributed by atoms with Crippen molar-refractivity contribution in [1.82, 2.24) is 24.8 Å². The largest absolute Gasteiger partial charge is 0.508 e. The van der Waals surface area contributed by atoms with E-state index in [1.54, 1.807) is 23.2 Å². The average molecular weight is 524 g/mol. The van der Waals surface area contributed by atoms with E-state index in [9.17, 15) is 9.90 Å². The van der Waals surface area contributed by atoms with Crippen LogP contribution in [0.25, 0.3) is 43.8 Å². The number of phenols is 1. The SMILES string of the molecule is Cc1nc2c(F)c(-c3cc(O)cc4ccccc34)ncc2c2c1cc(CN1CCOC1=O)n2C1C2CNC1C2. The van der Waals surface area contributed by atoms with Crippen LogP contribution in [0, 0.1) is 18.7 Å². The molecule has 0 spiro atoms. The molecule has 4 aliphatic rings. The highest BCUT2D eigenvalue weighted by molar-refractivity contribution is 6.07. The Balaban J connectivity index is 1.38. The van der Waals surface area contributed by atoms with Crippen molar-refractivity contribution in [3.63, 3.8) is 0 Å². The first-order chi connectivity index (χ1) is 19.0. The van der Waals surface area contributed by atoms with Gasteiger partial charge in [-0.25, -0.2) is 14.2 Å². The number of carbonyl (C=O) groups is 1. The summed E-state index contributed by atoms with van der Waals surface area (Å²) in [6, 6.07) is 13.4. The molecule has 3 aromatic heterocycles. The molecule has 8 nitrogen and oxygen atoms in total. The summed E-state index contributed by atoms with van der Waals surface area (Å²) >= 11 is 0. The summed E-state index contributed by atoms with van der Waals surface area (Å²) in [5, 5.41) is 17.2. The lowest BCUT2D eigenvalue weighted by Gasteiger charge is -2.38. The van der Waals surface area contributed by atoms with Crippen LogP contribution in [0.15, 0.2) is 48.7 Å². The zero-order valence-electron chi connectivity index (χ0n) is 21.3. The van der Waals surface area contributed by atoms with Crippen molar-refractivity contribution in [2.75, 3.05) is 19.7 Å². The molecule has 1 saturated carbocycles. The summed E-state index contributed by atoms with van der Waals surface area (Å²) < 4.78 is 23.9. The van der Waals surface area contributed by atoms with Gasteiger partial charge in [0.15, 0.2) is 5.82 Å². The summed E-state index contributed by atoms with van der Waals surface area (Å²) in [5.41, 5.74) is 3.55. The minimum Gasteiger partial charge on any atom is -0.508 e. The van der Waals surface area contributed by atoms with E-state index in [4.69, 9.17) is 9.72 Å². The zero-order chi connectivity index (χ0) is 26.4.